The van der Waals surface area contributed by atoms with Gasteiger partial charge in [0.15, 0.2) is 0 Å². The van der Waals surface area contributed by atoms with Gasteiger partial charge in [0.05, 0.1) is 11.9 Å². The van der Waals surface area contributed by atoms with Gasteiger partial charge < -0.3 is 10.2 Å². The van der Waals surface area contributed by atoms with Gasteiger partial charge in [-0.25, -0.2) is 12.8 Å². The maximum absolute atomic E-state index is 14.1. The van der Waals surface area contributed by atoms with Gasteiger partial charge in [-0.05, 0) is 62.1 Å². The van der Waals surface area contributed by atoms with Crippen molar-refractivity contribution in [2.75, 3.05) is 17.1 Å². The van der Waals surface area contributed by atoms with Crippen LogP contribution in [0.2, 0.25) is 0 Å². The minimum atomic E-state index is -3.86. The van der Waals surface area contributed by atoms with Crippen molar-refractivity contribution >= 4 is 27.5 Å². The Hall–Kier alpha value is -3.72. The molecule has 3 rings (SSSR count). The van der Waals surface area contributed by atoms with Crippen molar-refractivity contribution in [3.63, 3.8) is 0 Å². The number of halogens is 1. The molecular weight excluding hydrogens is 529 g/mol. The van der Waals surface area contributed by atoms with Gasteiger partial charge in [0.2, 0.25) is 21.8 Å². The first kappa shape index (κ1) is 30.8. The molecule has 0 aromatic heterocycles. The lowest BCUT2D eigenvalue weighted by atomic mass is 10.0. The zero-order chi connectivity index (χ0) is 29.5. The molecule has 0 saturated heterocycles. The quantitative estimate of drug-likeness (QED) is 0.364. The Balaban J connectivity index is 2.09. The monoisotopic (exact) mass is 567 g/mol. The molecule has 0 spiro atoms. The first-order valence-corrected chi connectivity index (χ1v) is 15.1. The molecule has 214 valence electrons. The van der Waals surface area contributed by atoms with Crippen LogP contribution in [0.5, 0.6) is 0 Å². The number of aryl methyl sites for hydroxylation is 1. The van der Waals surface area contributed by atoms with E-state index in [0.29, 0.717) is 17.7 Å². The van der Waals surface area contributed by atoms with Gasteiger partial charge in [0.25, 0.3) is 0 Å². The Labute approximate surface area is 237 Å². The third-order valence-corrected chi connectivity index (χ3v) is 7.48. The van der Waals surface area contributed by atoms with E-state index in [0.717, 1.165) is 21.7 Å². The summed E-state index contributed by atoms with van der Waals surface area (Å²) >= 11 is 0. The molecule has 7 nitrogen and oxygen atoms in total. The van der Waals surface area contributed by atoms with Crippen LogP contribution in [0.1, 0.15) is 44.4 Å². The second-order valence-electron chi connectivity index (χ2n) is 10.8. The summed E-state index contributed by atoms with van der Waals surface area (Å²) in [6, 6.07) is 21.1. The predicted molar refractivity (Wildman–Crippen MR) is 157 cm³/mol. The molecule has 0 fully saturated rings. The molecule has 0 bridgehead atoms. The van der Waals surface area contributed by atoms with Crippen molar-refractivity contribution in [3.05, 3.63) is 101 Å². The molecule has 0 saturated carbocycles. The van der Waals surface area contributed by atoms with E-state index in [-0.39, 0.29) is 18.9 Å². The second-order valence-corrected chi connectivity index (χ2v) is 12.8. The fourth-order valence-electron chi connectivity index (χ4n) is 4.44. The minimum absolute atomic E-state index is 0.0127. The molecule has 0 heterocycles. The molecule has 0 unspecified atom stereocenters. The zero-order valence-electron chi connectivity index (χ0n) is 23.7. The number of sulfonamides is 1. The van der Waals surface area contributed by atoms with Gasteiger partial charge in [0, 0.05) is 18.5 Å². The average molecular weight is 568 g/mol. The topological polar surface area (TPSA) is 86.8 Å². The summed E-state index contributed by atoms with van der Waals surface area (Å²) in [5, 5.41) is 2.98. The molecule has 3 aromatic carbocycles. The van der Waals surface area contributed by atoms with Crippen molar-refractivity contribution in [1.29, 1.82) is 0 Å². The number of nitrogens with one attached hydrogen (secondary N) is 1. The van der Waals surface area contributed by atoms with Gasteiger partial charge in [0.1, 0.15) is 18.4 Å². The standard InChI is InChI=1S/C31H38FN3O4S/c1-6-25-14-10-11-15-27(25)35(40(5,38)39)22-29(36)34(21-24-16-18-26(32)19-17-24)28(30(37)33-31(2,3)4)20-23-12-8-7-9-13-23/h7-19,28H,6,20-22H2,1-5H3,(H,33,37)/t28-/m0/s1. The molecule has 2 amide bonds. The lowest BCUT2D eigenvalue weighted by Crippen LogP contribution is -2.56. The molecule has 3 aromatic rings. The van der Waals surface area contributed by atoms with Crippen LogP contribution in [0, 0.1) is 5.82 Å². The molecule has 40 heavy (non-hydrogen) atoms. The van der Waals surface area contributed by atoms with Crippen LogP contribution in [0.25, 0.3) is 0 Å². The van der Waals surface area contributed by atoms with E-state index in [4.69, 9.17) is 0 Å². The largest absolute Gasteiger partial charge is 0.350 e. The maximum atomic E-state index is 14.1. The van der Waals surface area contributed by atoms with Crippen LogP contribution in [0.15, 0.2) is 78.9 Å². The van der Waals surface area contributed by atoms with Crippen LogP contribution in [-0.2, 0) is 39.0 Å². The van der Waals surface area contributed by atoms with Crippen molar-refractivity contribution in [2.24, 2.45) is 0 Å². The summed E-state index contributed by atoms with van der Waals surface area (Å²) in [7, 11) is -3.86. The summed E-state index contributed by atoms with van der Waals surface area (Å²) in [5.74, 6) is -1.34. The Morgan fingerprint density at radius 1 is 0.900 bits per heavy atom. The lowest BCUT2D eigenvalue weighted by Gasteiger charge is -2.35. The summed E-state index contributed by atoms with van der Waals surface area (Å²) in [6.45, 7) is 6.96. The predicted octanol–water partition coefficient (Wildman–Crippen LogP) is 4.71. The molecule has 0 aliphatic carbocycles. The van der Waals surface area contributed by atoms with E-state index < -0.39 is 39.9 Å². The SMILES string of the molecule is CCc1ccccc1N(CC(=O)N(Cc1ccc(F)cc1)[C@@H](Cc1ccccc1)C(=O)NC(C)(C)C)S(C)(=O)=O. The highest BCUT2D eigenvalue weighted by Gasteiger charge is 2.34. The number of anilines is 1. The van der Waals surface area contributed by atoms with Crippen LogP contribution in [0.3, 0.4) is 0 Å². The third-order valence-electron chi connectivity index (χ3n) is 6.36. The van der Waals surface area contributed by atoms with Crippen LogP contribution < -0.4 is 9.62 Å². The molecular formula is C31H38FN3O4S. The third kappa shape index (κ3) is 8.64. The number of carbonyl (C=O) groups excluding carboxylic acids is 2. The fourth-order valence-corrected chi connectivity index (χ4v) is 5.32. The summed E-state index contributed by atoms with van der Waals surface area (Å²) < 4.78 is 40.7. The number of para-hydroxylation sites is 1. The van der Waals surface area contributed by atoms with Crippen molar-refractivity contribution in [2.45, 2.75) is 58.7 Å². The highest BCUT2D eigenvalue weighted by Crippen LogP contribution is 2.25. The Morgan fingerprint density at radius 2 is 1.50 bits per heavy atom. The van der Waals surface area contributed by atoms with Crippen LogP contribution >= 0.6 is 0 Å². The van der Waals surface area contributed by atoms with E-state index in [1.54, 1.807) is 24.3 Å². The minimum Gasteiger partial charge on any atom is -0.350 e. The van der Waals surface area contributed by atoms with Crippen LogP contribution in [-0.4, -0.2) is 49.5 Å². The number of rotatable bonds is 11. The van der Waals surface area contributed by atoms with Gasteiger partial charge >= 0.3 is 0 Å². The smallest absolute Gasteiger partial charge is 0.244 e. The van der Waals surface area contributed by atoms with Crippen molar-refractivity contribution in [1.82, 2.24) is 10.2 Å². The van der Waals surface area contributed by atoms with Gasteiger partial charge in [-0.3, -0.25) is 13.9 Å². The van der Waals surface area contributed by atoms with Crippen LogP contribution in [0.4, 0.5) is 10.1 Å². The number of nitrogens with zero attached hydrogens (tertiary/aromatic N) is 2. The van der Waals surface area contributed by atoms with Gasteiger partial charge in [-0.15, -0.1) is 0 Å². The van der Waals surface area contributed by atoms with Gasteiger partial charge in [-0.2, -0.15) is 0 Å². The van der Waals surface area contributed by atoms with E-state index >= 15 is 0 Å². The van der Waals surface area contributed by atoms with Crippen molar-refractivity contribution in [3.8, 4) is 0 Å². The molecule has 0 aliphatic rings. The van der Waals surface area contributed by atoms with E-state index in [9.17, 15) is 22.4 Å². The molecule has 0 aliphatic heterocycles. The second kappa shape index (κ2) is 13.1. The van der Waals surface area contributed by atoms with E-state index in [1.807, 2.05) is 70.2 Å². The maximum Gasteiger partial charge on any atom is 0.244 e. The molecule has 1 atom stereocenters. The number of hydrogen-bond acceptors (Lipinski definition) is 4. The number of benzene rings is 3. The highest BCUT2D eigenvalue weighted by atomic mass is 32.2. The Bertz CT molecular complexity index is 1400. The Morgan fingerprint density at radius 3 is 2.08 bits per heavy atom. The fraction of sp³-hybridized carbons (Fsp3) is 0.355. The van der Waals surface area contributed by atoms with E-state index in [1.165, 1.54) is 17.0 Å². The number of carbonyl (C=O) groups is 2. The van der Waals surface area contributed by atoms with Gasteiger partial charge in [-0.1, -0.05) is 67.6 Å². The first-order chi connectivity index (χ1) is 18.8. The highest BCUT2D eigenvalue weighted by molar-refractivity contribution is 7.92. The lowest BCUT2D eigenvalue weighted by molar-refractivity contribution is -0.140. The summed E-state index contributed by atoms with van der Waals surface area (Å²) in [6.07, 6.45) is 1.84. The van der Waals surface area contributed by atoms with Crippen molar-refractivity contribution < 1.29 is 22.4 Å². The molecule has 9 heteroatoms. The normalized spacial score (nSPS) is 12.4. The first-order valence-electron chi connectivity index (χ1n) is 13.2. The Kier molecular flexibility index (Phi) is 10.1. The number of hydrogen-bond donors (Lipinski definition) is 1. The summed E-state index contributed by atoms with van der Waals surface area (Å²) in [4.78, 5) is 29.2. The summed E-state index contributed by atoms with van der Waals surface area (Å²) in [5.41, 5.74) is 2.06. The van der Waals surface area contributed by atoms with E-state index in [2.05, 4.69) is 5.32 Å². The number of amides is 2. The zero-order valence-corrected chi connectivity index (χ0v) is 24.5. The molecule has 0 radical (unpaired) electrons. The average Bonchev–Trinajstić information content (AvgIpc) is 2.89. The molecule has 1 N–H and O–H groups in total.